The zero-order valence-electron chi connectivity index (χ0n) is 14.9. The van der Waals surface area contributed by atoms with E-state index in [0.29, 0.717) is 13.0 Å². The van der Waals surface area contributed by atoms with Gasteiger partial charge in [0.05, 0.1) is 6.54 Å². The van der Waals surface area contributed by atoms with Crippen molar-refractivity contribution in [3.05, 3.63) is 0 Å². The number of rotatable bonds is 3. The van der Waals surface area contributed by atoms with E-state index in [2.05, 4.69) is 0 Å². The Bertz CT molecular complexity index is 541. The van der Waals surface area contributed by atoms with Crippen LogP contribution in [-0.4, -0.2) is 69.9 Å². The molecule has 136 valence electrons. The topological polar surface area (TPSA) is 96.4 Å². The van der Waals surface area contributed by atoms with Crippen molar-refractivity contribution < 1.29 is 29.0 Å². The van der Waals surface area contributed by atoms with E-state index >= 15 is 0 Å². The van der Waals surface area contributed by atoms with Gasteiger partial charge < -0.3 is 24.4 Å². The lowest BCUT2D eigenvalue weighted by Crippen LogP contribution is -2.51. The third kappa shape index (κ3) is 3.48. The van der Waals surface area contributed by atoms with Crippen molar-refractivity contribution in [3.63, 3.8) is 0 Å². The Balaban J connectivity index is 2.10. The number of carboxylic acids is 1. The first-order valence-electron chi connectivity index (χ1n) is 8.12. The number of carbonyl (C=O) groups is 3. The lowest BCUT2D eigenvalue weighted by Gasteiger charge is -2.28. The second-order valence-corrected chi connectivity index (χ2v) is 7.72. The van der Waals surface area contributed by atoms with Crippen LogP contribution in [0.4, 0.5) is 4.79 Å². The monoisotopic (exact) mass is 342 g/mol. The van der Waals surface area contributed by atoms with Crippen molar-refractivity contribution in [1.29, 1.82) is 0 Å². The van der Waals surface area contributed by atoms with E-state index in [1.165, 1.54) is 9.80 Å². The minimum atomic E-state index is -1.15. The molecule has 2 fully saturated rings. The molecule has 2 saturated heterocycles. The summed E-state index contributed by atoms with van der Waals surface area (Å²) in [6.07, 6.45) is -0.153. The van der Waals surface area contributed by atoms with E-state index in [4.69, 9.17) is 9.47 Å². The van der Waals surface area contributed by atoms with Crippen LogP contribution in [0.5, 0.6) is 0 Å². The predicted octanol–water partition coefficient (Wildman–Crippen LogP) is 1.29. The summed E-state index contributed by atoms with van der Waals surface area (Å²) < 4.78 is 11.0. The molecule has 2 amide bonds. The maximum Gasteiger partial charge on any atom is 0.410 e. The van der Waals surface area contributed by atoms with Crippen LogP contribution in [0.25, 0.3) is 0 Å². The highest BCUT2D eigenvalue weighted by atomic mass is 16.6. The lowest BCUT2D eigenvalue weighted by molar-refractivity contribution is -0.151. The van der Waals surface area contributed by atoms with Crippen LogP contribution < -0.4 is 0 Å². The fraction of sp³-hybridized carbons (Fsp3) is 0.812. The Morgan fingerprint density at radius 3 is 2.46 bits per heavy atom. The number of likely N-dealkylation sites (tertiary alicyclic amines) is 1. The van der Waals surface area contributed by atoms with Crippen LogP contribution in [0, 0.1) is 5.92 Å². The fourth-order valence-corrected chi connectivity index (χ4v) is 3.12. The number of aliphatic carboxylic acids is 1. The Morgan fingerprint density at radius 2 is 1.96 bits per heavy atom. The standard InChI is InChI=1S/C16H26N2O6/c1-10(2)11(12(19)20)18-9-23-16(13(18)21)6-7-17(8-16)14(22)24-15(3,4)5/h10-11H,6-9H2,1-5H3,(H,19,20)/t11?,16-/m0/s1. The van der Waals surface area contributed by atoms with Crippen molar-refractivity contribution in [1.82, 2.24) is 9.80 Å². The number of hydrogen-bond acceptors (Lipinski definition) is 5. The summed E-state index contributed by atoms with van der Waals surface area (Å²) in [6.45, 7) is 9.17. The van der Waals surface area contributed by atoms with Crippen molar-refractivity contribution in [2.24, 2.45) is 5.92 Å². The Morgan fingerprint density at radius 1 is 1.33 bits per heavy atom. The highest BCUT2D eigenvalue weighted by Crippen LogP contribution is 2.35. The Labute approximate surface area is 141 Å². The molecule has 1 unspecified atom stereocenters. The third-order valence-corrected chi connectivity index (χ3v) is 4.23. The van der Waals surface area contributed by atoms with Gasteiger partial charge in [0, 0.05) is 13.0 Å². The van der Waals surface area contributed by atoms with Crippen LogP contribution >= 0.6 is 0 Å². The van der Waals surface area contributed by atoms with Crippen LogP contribution in [0.15, 0.2) is 0 Å². The number of nitrogens with zero attached hydrogens (tertiary/aromatic N) is 2. The normalized spacial score (nSPS) is 25.7. The van der Waals surface area contributed by atoms with E-state index < -0.39 is 29.3 Å². The van der Waals surface area contributed by atoms with Crippen molar-refractivity contribution >= 4 is 18.0 Å². The van der Waals surface area contributed by atoms with Gasteiger partial charge in [-0.05, 0) is 26.7 Å². The average molecular weight is 342 g/mol. The predicted molar refractivity (Wildman–Crippen MR) is 84.2 cm³/mol. The van der Waals surface area contributed by atoms with Gasteiger partial charge in [0.1, 0.15) is 18.4 Å². The quantitative estimate of drug-likeness (QED) is 0.830. The second-order valence-electron chi connectivity index (χ2n) is 7.72. The van der Waals surface area contributed by atoms with Crippen LogP contribution in [0.3, 0.4) is 0 Å². The van der Waals surface area contributed by atoms with Gasteiger partial charge in [0.15, 0.2) is 5.60 Å². The molecule has 2 heterocycles. The smallest absolute Gasteiger partial charge is 0.410 e. The Hall–Kier alpha value is -1.83. The number of carbonyl (C=O) groups excluding carboxylic acids is 2. The third-order valence-electron chi connectivity index (χ3n) is 4.23. The molecule has 0 aromatic heterocycles. The minimum absolute atomic E-state index is 0.0733. The molecular weight excluding hydrogens is 316 g/mol. The number of carboxylic acid groups (broad SMARTS) is 1. The van der Waals surface area contributed by atoms with Gasteiger partial charge >= 0.3 is 12.1 Å². The van der Waals surface area contributed by atoms with Gasteiger partial charge in [-0.15, -0.1) is 0 Å². The number of hydrogen-bond donors (Lipinski definition) is 1. The second kappa shape index (κ2) is 6.23. The molecule has 1 N–H and O–H groups in total. The fourth-order valence-electron chi connectivity index (χ4n) is 3.12. The van der Waals surface area contributed by atoms with Crippen molar-refractivity contribution in [2.45, 2.75) is 58.3 Å². The summed E-state index contributed by atoms with van der Waals surface area (Å²) in [5.41, 5.74) is -1.77. The zero-order chi connectivity index (χ0) is 18.3. The minimum Gasteiger partial charge on any atom is -0.480 e. The van der Waals surface area contributed by atoms with Crippen molar-refractivity contribution in [2.75, 3.05) is 19.8 Å². The van der Waals surface area contributed by atoms with Gasteiger partial charge in [0.2, 0.25) is 0 Å². The molecule has 2 aliphatic rings. The number of ether oxygens (including phenoxy) is 2. The van der Waals surface area contributed by atoms with E-state index in [0.717, 1.165) is 0 Å². The summed E-state index contributed by atoms with van der Waals surface area (Å²) >= 11 is 0. The van der Waals surface area contributed by atoms with Crippen LogP contribution in [-0.2, 0) is 19.1 Å². The van der Waals surface area contributed by atoms with Gasteiger partial charge in [-0.3, -0.25) is 4.79 Å². The van der Waals surface area contributed by atoms with Crippen LogP contribution in [0.2, 0.25) is 0 Å². The highest BCUT2D eigenvalue weighted by Gasteiger charge is 2.56. The van der Waals surface area contributed by atoms with E-state index in [9.17, 15) is 19.5 Å². The number of amides is 2. The molecule has 0 bridgehead atoms. The molecule has 0 aromatic carbocycles. The molecule has 24 heavy (non-hydrogen) atoms. The van der Waals surface area contributed by atoms with E-state index in [1.807, 2.05) is 0 Å². The largest absolute Gasteiger partial charge is 0.480 e. The van der Waals surface area contributed by atoms with Gasteiger partial charge in [-0.1, -0.05) is 13.8 Å². The first kappa shape index (κ1) is 18.5. The summed E-state index contributed by atoms with van der Waals surface area (Å²) in [5, 5.41) is 9.39. The molecule has 0 saturated carbocycles. The summed E-state index contributed by atoms with van der Waals surface area (Å²) in [7, 11) is 0. The summed E-state index contributed by atoms with van der Waals surface area (Å²) in [6, 6.07) is -0.938. The molecule has 8 heteroatoms. The molecule has 8 nitrogen and oxygen atoms in total. The first-order valence-corrected chi connectivity index (χ1v) is 8.12. The van der Waals surface area contributed by atoms with Gasteiger partial charge in [0.25, 0.3) is 5.91 Å². The zero-order valence-corrected chi connectivity index (χ0v) is 14.9. The summed E-state index contributed by atoms with van der Waals surface area (Å²) in [5.74, 6) is -1.66. The van der Waals surface area contributed by atoms with E-state index in [-0.39, 0.29) is 25.1 Å². The molecule has 1 spiro atoms. The molecule has 0 radical (unpaired) electrons. The average Bonchev–Trinajstić information content (AvgIpc) is 2.97. The Kier molecular flexibility index (Phi) is 4.81. The maximum absolute atomic E-state index is 12.8. The molecule has 2 atom stereocenters. The maximum atomic E-state index is 12.8. The molecule has 0 aromatic rings. The first-order chi connectivity index (χ1) is 11.0. The molecule has 0 aliphatic carbocycles. The molecule has 2 rings (SSSR count). The summed E-state index contributed by atoms with van der Waals surface area (Å²) in [4.78, 5) is 39.1. The van der Waals surface area contributed by atoms with Crippen LogP contribution in [0.1, 0.15) is 41.0 Å². The van der Waals surface area contributed by atoms with Gasteiger partial charge in [-0.2, -0.15) is 0 Å². The molecular formula is C16H26N2O6. The highest BCUT2D eigenvalue weighted by molar-refractivity contribution is 5.92. The SMILES string of the molecule is CC(C)C(C(=O)O)N1CO[C@]2(CCN(C(=O)OC(C)(C)C)C2)C1=O. The lowest BCUT2D eigenvalue weighted by atomic mass is 9.98. The van der Waals surface area contributed by atoms with E-state index in [1.54, 1.807) is 34.6 Å². The van der Waals surface area contributed by atoms with Gasteiger partial charge in [-0.25, -0.2) is 9.59 Å². The van der Waals surface area contributed by atoms with Crippen molar-refractivity contribution in [3.8, 4) is 0 Å². The molecule has 2 aliphatic heterocycles.